The molecule has 102 valence electrons. The summed E-state index contributed by atoms with van der Waals surface area (Å²) < 4.78 is 0. The van der Waals surface area contributed by atoms with E-state index in [-0.39, 0.29) is 11.0 Å². The van der Waals surface area contributed by atoms with Crippen LogP contribution in [0.3, 0.4) is 0 Å². The highest BCUT2D eigenvalue weighted by Crippen LogP contribution is 2.45. The van der Waals surface area contributed by atoms with E-state index in [1.54, 1.807) is 0 Å². The van der Waals surface area contributed by atoms with Crippen molar-refractivity contribution in [3.63, 3.8) is 0 Å². The number of nitrogens with zero attached hydrogens (tertiary/aromatic N) is 3. The minimum atomic E-state index is -0.604. The van der Waals surface area contributed by atoms with E-state index < -0.39 is 5.54 Å². The summed E-state index contributed by atoms with van der Waals surface area (Å²) in [7, 11) is 0. The summed E-state index contributed by atoms with van der Waals surface area (Å²) in [6, 6.07) is 2.44. The van der Waals surface area contributed by atoms with Crippen LogP contribution in [0.25, 0.3) is 0 Å². The molecule has 2 unspecified atom stereocenters. The molecule has 0 aromatic carbocycles. The van der Waals surface area contributed by atoms with Gasteiger partial charge >= 0.3 is 0 Å². The van der Waals surface area contributed by atoms with Crippen molar-refractivity contribution in [1.29, 1.82) is 5.26 Å². The minimum absolute atomic E-state index is 0.158. The van der Waals surface area contributed by atoms with Gasteiger partial charge in [0.2, 0.25) is 0 Å². The summed E-state index contributed by atoms with van der Waals surface area (Å²) in [6.45, 7) is 12.9. The standard InChI is InChI=1S/C15H27N3/c1-7-14(5,6)17-18-15(11-16)9-12(2)8-13(3,4)10-15/h12H,7-10H2,1-6H3. The van der Waals surface area contributed by atoms with Crippen LogP contribution >= 0.6 is 0 Å². The second-order valence-corrected chi connectivity index (χ2v) is 7.36. The fraction of sp³-hybridized carbons (Fsp3) is 0.933. The summed E-state index contributed by atoms with van der Waals surface area (Å²) in [6.07, 6.45) is 3.78. The van der Waals surface area contributed by atoms with Crippen molar-refractivity contribution in [2.75, 3.05) is 0 Å². The molecule has 0 aromatic heterocycles. The fourth-order valence-electron chi connectivity index (χ4n) is 3.01. The first kappa shape index (κ1) is 15.1. The summed E-state index contributed by atoms with van der Waals surface area (Å²) in [4.78, 5) is 0. The van der Waals surface area contributed by atoms with Gasteiger partial charge in [-0.2, -0.15) is 15.5 Å². The second-order valence-electron chi connectivity index (χ2n) is 7.36. The largest absolute Gasteiger partial charge is 0.196 e. The Hall–Kier alpha value is -0.910. The molecule has 0 bridgehead atoms. The Kier molecular flexibility index (Phi) is 4.20. The molecule has 1 fully saturated rings. The topological polar surface area (TPSA) is 48.5 Å². The molecule has 2 atom stereocenters. The van der Waals surface area contributed by atoms with Gasteiger partial charge in [0, 0.05) is 0 Å². The molecule has 1 aliphatic rings. The third-order valence-electron chi connectivity index (χ3n) is 3.94. The molecule has 18 heavy (non-hydrogen) atoms. The van der Waals surface area contributed by atoms with Gasteiger partial charge in [-0.25, -0.2) is 0 Å². The highest BCUT2D eigenvalue weighted by molar-refractivity contribution is 5.12. The van der Waals surface area contributed by atoms with Crippen LogP contribution in [-0.2, 0) is 0 Å². The monoisotopic (exact) mass is 249 g/mol. The highest BCUT2D eigenvalue weighted by Gasteiger charge is 2.44. The van der Waals surface area contributed by atoms with Gasteiger partial charge in [0.25, 0.3) is 0 Å². The lowest BCUT2D eigenvalue weighted by Crippen LogP contribution is -2.40. The molecule has 1 saturated carbocycles. The third kappa shape index (κ3) is 3.80. The number of hydrogen-bond acceptors (Lipinski definition) is 3. The molecular formula is C15H27N3. The van der Waals surface area contributed by atoms with Crippen LogP contribution in [0, 0.1) is 22.7 Å². The normalized spacial score (nSPS) is 32.4. The SMILES string of the molecule is CCC(C)(C)N=NC1(C#N)CC(C)CC(C)(C)C1. The predicted molar refractivity (Wildman–Crippen MR) is 74.4 cm³/mol. The van der Waals surface area contributed by atoms with Crippen molar-refractivity contribution in [3.8, 4) is 6.07 Å². The van der Waals surface area contributed by atoms with Crippen molar-refractivity contribution in [3.05, 3.63) is 0 Å². The molecule has 0 saturated heterocycles. The van der Waals surface area contributed by atoms with E-state index in [0.29, 0.717) is 5.92 Å². The van der Waals surface area contributed by atoms with Crippen LogP contribution in [-0.4, -0.2) is 11.1 Å². The van der Waals surface area contributed by atoms with Gasteiger partial charge in [-0.05, 0) is 50.9 Å². The second kappa shape index (κ2) is 4.99. The quantitative estimate of drug-likeness (QED) is 0.667. The van der Waals surface area contributed by atoms with Crippen molar-refractivity contribution < 1.29 is 0 Å². The average molecular weight is 249 g/mol. The number of hydrogen-bond donors (Lipinski definition) is 0. The highest BCUT2D eigenvalue weighted by atomic mass is 15.2. The molecule has 0 amide bonds. The molecule has 0 N–H and O–H groups in total. The average Bonchev–Trinajstić information content (AvgIpc) is 2.24. The molecule has 0 spiro atoms. The lowest BCUT2D eigenvalue weighted by molar-refractivity contribution is 0.133. The number of rotatable bonds is 3. The van der Waals surface area contributed by atoms with Gasteiger partial charge in [0.15, 0.2) is 5.54 Å². The first-order valence-electron chi connectivity index (χ1n) is 6.99. The van der Waals surface area contributed by atoms with E-state index in [2.05, 4.69) is 57.8 Å². The summed E-state index contributed by atoms with van der Waals surface area (Å²) in [5.74, 6) is 0.539. The van der Waals surface area contributed by atoms with Crippen LogP contribution in [0.4, 0.5) is 0 Å². The van der Waals surface area contributed by atoms with E-state index in [0.717, 1.165) is 19.3 Å². The van der Waals surface area contributed by atoms with E-state index in [1.165, 1.54) is 6.42 Å². The van der Waals surface area contributed by atoms with Crippen LogP contribution in [0.1, 0.15) is 67.2 Å². The maximum atomic E-state index is 9.56. The van der Waals surface area contributed by atoms with Crippen LogP contribution in [0.2, 0.25) is 0 Å². The van der Waals surface area contributed by atoms with Gasteiger partial charge in [-0.1, -0.05) is 27.7 Å². The van der Waals surface area contributed by atoms with Gasteiger partial charge < -0.3 is 0 Å². The van der Waals surface area contributed by atoms with E-state index in [4.69, 9.17) is 0 Å². The Morgan fingerprint density at radius 2 is 1.94 bits per heavy atom. The van der Waals surface area contributed by atoms with Crippen LogP contribution in [0.5, 0.6) is 0 Å². The summed E-state index contributed by atoms with van der Waals surface area (Å²) in [5, 5.41) is 18.5. The Bertz CT molecular complexity index is 362. The smallest absolute Gasteiger partial charge is 0.168 e. The number of nitriles is 1. The molecule has 0 radical (unpaired) electrons. The van der Waals surface area contributed by atoms with Crippen molar-refractivity contribution in [2.24, 2.45) is 21.6 Å². The molecule has 3 nitrogen and oxygen atoms in total. The van der Waals surface area contributed by atoms with Gasteiger partial charge in [0.05, 0.1) is 11.6 Å². The van der Waals surface area contributed by atoms with Gasteiger partial charge in [-0.15, -0.1) is 0 Å². The Morgan fingerprint density at radius 1 is 1.33 bits per heavy atom. The molecule has 0 heterocycles. The minimum Gasteiger partial charge on any atom is -0.196 e. The van der Waals surface area contributed by atoms with Crippen molar-refractivity contribution in [2.45, 2.75) is 78.3 Å². The first-order chi connectivity index (χ1) is 8.14. The van der Waals surface area contributed by atoms with E-state index in [1.807, 2.05) is 0 Å². The zero-order chi connectivity index (χ0) is 14.0. The zero-order valence-electron chi connectivity index (χ0n) is 12.7. The molecular weight excluding hydrogens is 222 g/mol. The number of azo groups is 1. The lowest BCUT2D eigenvalue weighted by Gasteiger charge is -2.41. The lowest BCUT2D eigenvalue weighted by atomic mass is 9.65. The fourth-order valence-corrected chi connectivity index (χ4v) is 3.01. The van der Waals surface area contributed by atoms with E-state index >= 15 is 0 Å². The van der Waals surface area contributed by atoms with Crippen molar-refractivity contribution in [1.82, 2.24) is 0 Å². The molecule has 0 aromatic rings. The predicted octanol–water partition coefficient (Wildman–Crippen LogP) is 4.74. The molecule has 1 aliphatic carbocycles. The first-order valence-corrected chi connectivity index (χ1v) is 6.99. The van der Waals surface area contributed by atoms with Gasteiger partial charge in [-0.3, -0.25) is 0 Å². The molecule has 1 rings (SSSR count). The maximum absolute atomic E-state index is 9.56. The van der Waals surface area contributed by atoms with Crippen LogP contribution in [0.15, 0.2) is 10.2 Å². The Labute approximate surface area is 112 Å². The maximum Gasteiger partial charge on any atom is 0.168 e. The Morgan fingerprint density at radius 3 is 2.39 bits per heavy atom. The molecule has 3 heteroatoms. The Balaban J connectivity index is 2.97. The van der Waals surface area contributed by atoms with Crippen LogP contribution < -0.4 is 0 Å². The van der Waals surface area contributed by atoms with E-state index in [9.17, 15) is 5.26 Å². The zero-order valence-corrected chi connectivity index (χ0v) is 12.7. The van der Waals surface area contributed by atoms with Crippen molar-refractivity contribution >= 4 is 0 Å². The third-order valence-corrected chi connectivity index (χ3v) is 3.94. The summed E-state index contributed by atoms with van der Waals surface area (Å²) in [5.41, 5.74) is -0.578. The van der Waals surface area contributed by atoms with Gasteiger partial charge in [0.1, 0.15) is 0 Å². The summed E-state index contributed by atoms with van der Waals surface area (Å²) >= 11 is 0. The molecule has 0 aliphatic heterocycles.